The van der Waals surface area contributed by atoms with Gasteiger partial charge in [-0.15, -0.1) is 0 Å². The van der Waals surface area contributed by atoms with E-state index in [1.807, 2.05) is 20.8 Å². The van der Waals surface area contributed by atoms with E-state index in [2.05, 4.69) is 9.97 Å². The normalized spacial score (nSPS) is 10.3. The summed E-state index contributed by atoms with van der Waals surface area (Å²) in [4.78, 5) is 19.3. The maximum atomic E-state index is 11.4. The lowest BCUT2D eigenvalue weighted by molar-refractivity contribution is 0.0934. The van der Waals surface area contributed by atoms with Crippen LogP contribution in [0, 0.1) is 12.8 Å². The summed E-state index contributed by atoms with van der Waals surface area (Å²) in [6, 6.07) is 0. The second-order valence-electron chi connectivity index (χ2n) is 3.06. The highest BCUT2D eigenvalue weighted by Crippen LogP contribution is 2.03. The van der Waals surface area contributed by atoms with E-state index >= 15 is 0 Å². The van der Waals surface area contributed by atoms with Crippen LogP contribution in [0.5, 0.6) is 0 Å². The van der Waals surface area contributed by atoms with Gasteiger partial charge in [-0.2, -0.15) is 0 Å². The minimum Gasteiger partial charge on any atom is -0.292 e. The first-order valence-electron chi connectivity index (χ1n) is 3.94. The fourth-order valence-electron chi connectivity index (χ4n) is 0.816. The smallest absolute Gasteiger partial charge is 0.185 e. The van der Waals surface area contributed by atoms with Crippen molar-refractivity contribution in [3.05, 3.63) is 23.8 Å². The second kappa shape index (κ2) is 3.43. The number of ketones is 1. The number of carbonyl (C=O) groups is 1. The molecule has 0 saturated heterocycles. The Morgan fingerprint density at radius 3 is 2.42 bits per heavy atom. The van der Waals surface area contributed by atoms with Crippen LogP contribution in [0.2, 0.25) is 0 Å². The predicted octanol–water partition coefficient (Wildman–Crippen LogP) is 1.62. The fraction of sp³-hybridized carbons (Fsp3) is 0.444. The zero-order chi connectivity index (χ0) is 9.14. The molecule has 0 fully saturated rings. The Balaban J connectivity index is 2.90. The first kappa shape index (κ1) is 8.84. The molecule has 0 saturated carbocycles. The van der Waals surface area contributed by atoms with Gasteiger partial charge in [-0.1, -0.05) is 13.8 Å². The molecule has 0 aromatic carbocycles. The zero-order valence-corrected chi connectivity index (χ0v) is 7.53. The molecule has 0 bridgehead atoms. The van der Waals surface area contributed by atoms with Gasteiger partial charge in [0.05, 0.1) is 11.9 Å². The van der Waals surface area contributed by atoms with Crippen LogP contribution in [0.15, 0.2) is 12.4 Å². The SMILES string of the molecule is Cc1cnc(C(=O)C(C)C)cn1. The summed E-state index contributed by atoms with van der Waals surface area (Å²) in [5.41, 5.74) is 1.28. The van der Waals surface area contributed by atoms with Crippen molar-refractivity contribution in [2.45, 2.75) is 20.8 Å². The maximum Gasteiger partial charge on any atom is 0.185 e. The second-order valence-corrected chi connectivity index (χ2v) is 3.06. The molecule has 0 atom stereocenters. The monoisotopic (exact) mass is 164 g/mol. The molecular weight excluding hydrogens is 152 g/mol. The van der Waals surface area contributed by atoms with Gasteiger partial charge >= 0.3 is 0 Å². The number of nitrogens with zero attached hydrogens (tertiary/aromatic N) is 2. The summed E-state index contributed by atoms with van der Waals surface area (Å²) in [7, 11) is 0. The van der Waals surface area contributed by atoms with Crippen LogP contribution in [-0.2, 0) is 0 Å². The van der Waals surface area contributed by atoms with Crippen molar-refractivity contribution in [1.82, 2.24) is 9.97 Å². The summed E-state index contributed by atoms with van der Waals surface area (Å²) in [5.74, 6) is 0.0320. The molecule has 1 aromatic heterocycles. The number of aromatic nitrogens is 2. The number of carbonyl (C=O) groups excluding carboxylic acids is 1. The highest BCUT2D eigenvalue weighted by molar-refractivity contribution is 5.95. The molecule has 0 radical (unpaired) electrons. The van der Waals surface area contributed by atoms with E-state index in [-0.39, 0.29) is 11.7 Å². The molecule has 64 valence electrons. The van der Waals surface area contributed by atoms with Crippen molar-refractivity contribution >= 4 is 5.78 Å². The summed E-state index contributed by atoms with van der Waals surface area (Å²) in [6.45, 7) is 5.55. The predicted molar refractivity (Wildman–Crippen MR) is 45.9 cm³/mol. The van der Waals surface area contributed by atoms with Gasteiger partial charge in [-0.3, -0.25) is 9.78 Å². The average Bonchev–Trinajstić information content (AvgIpc) is 2.04. The van der Waals surface area contributed by atoms with Crippen LogP contribution in [0.1, 0.15) is 30.0 Å². The minimum absolute atomic E-state index is 0.0120. The molecule has 1 heterocycles. The highest BCUT2D eigenvalue weighted by Gasteiger charge is 2.11. The number of hydrogen-bond donors (Lipinski definition) is 0. The lowest BCUT2D eigenvalue weighted by atomic mass is 10.1. The van der Waals surface area contributed by atoms with Crippen LogP contribution in [0.3, 0.4) is 0 Å². The molecule has 3 nitrogen and oxygen atoms in total. The maximum absolute atomic E-state index is 11.4. The molecule has 0 spiro atoms. The molecule has 0 unspecified atom stereocenters. The van der Waals surface area contributed by atoms with Gasteiger partial charge in [0.1, 0.15) is 5.69 Å². The van der Waals surface area contributed by atoms with Gasteiger partial charge in [0.15, 0.2) is 5.78 Å². The van der Waals surface area contributed by atoms with Gasteiger partial charge in [-0.05, 0) is 6.92 Å². The number of rotatable bonds is 2. The molecule has 0 amide bonds. The average molecular weight is 164 g/mol. The Morgan fingerprint density at radius 2 is 2.00 bits per heavy atom. The molecule has 0 aliphatic carbocycles. The Kier molecular flexibility index (Phi) is 2.53. The van der Waals surface area contributed by atoms with Gasteiger partial charge in [0.25, 0.3) is 0 Å². The van der Waals surface area contributed by atoms with Gasteiger partial charge in [-0.25, -0.2) is 4.98 Å². The third-order valence-corrected chi connectivity index (χ3v) is 1.56. The number of Topliss-reactive ketones (excluding diaryl/α,β-unsaturated/α-hetero) is 1. The lowest BCUT2D eigenvalue weighted by Crippen LogP contribution is -2.09. The summed E-state index contributed by atoms with van der Waals surface area (Å²) in [5, 5.41) is 0. The standard InChI is InChI=1S/C9H12N2O/c1-6(2)9(12)8-5-10-7(3)4-11-8/h4-6H,1-3H3. The van der Waals surface area contributed by atoms with Gasteiger partial charge < -0.3 is 0 Å². The van der Waals surface area contributed by atoms with Crippen molar-refractivity contribution in [2.75, 3.05) is 0 Å². The van der Waals surface area contributed by atoms with E-state index < -0.39 is 0 Å². The minimum atomic E-state index is -0.0120. The molecule has 0 N–H and O–H groups in total. The quantitative estimate of drug-likeness (QED) is 0.624. The molecule has 12 heavy (non-hydrogen) atoms. The van der Waals surface area contributed by atoms with Crippen LogP contribution < -0.4 is 0 Å². The highest BCUT2D eigenvalue weighted by atomic mass is 16.1. The van der Waals surface area contributed by atoms with Gasteiger partial charge in [0, 0.05) is 12.1 Å². The first-order chi connectivity index (χ1) is 5.61. The van der Waals surface area contributed by atoms with Crippen molar-refractivity contribution in [3.63, 3.8) is 0 Å². The fourth-order valence-corrected chi connectivity index (χ4v) is 0.816. The molecule has 0 aliphatic heterocycles. The van der Waals surface area contributed by atoms with Crippen molar-refractivity contribution in [1.29, 1.82) is 0 Å². The van der Waals surface area contributed by atoms with Crippen molar-refractivity contribution < 1.29 is 4.79 Å². The van der Waals surface area contributed by atoms with E-state index in [0.717, 1.165) is 5.69 Å². The van der Waals surface area contributed by atoms with E-state index in [1.165, 1.54) is 6.20 Å². The van der Waals surface area contributed by atoms with Crippen molar-refractivity contribution in [2.24, 2.45) is 5.92 Å². The van der Waals surface area contributed by atoms with Crippen LogP contribution in [0.4, 0.5) is 0 Å². The Morgan fingerprint density at radius 1 is 1.33 bits per heavy atom. The number of hydrogen-bond acceptors (Lipinski definition) is 3. The Hall–Kier alpha value is -1.25. The third-order valence-electron chi connectivity index (χ3n) is 1.56. The van der Waals surface area contributed by atoms with E-state index in [4.69, 9.17) is 0 Å². The summed E-state index contributed by atoms with van der Waals surface area (Å²) < 4.78 is 0. The third kappa shape index (κ3) is 1.87. The largest absolute Gasteiger partial charge is 0.292 e. The molecule has 0 aliphatic rings. The number of aryl methyl sites for hydroxylation is 1. The summed E-state index contributed by atoms with van der Waals surface area (Å²) >= 11 is 0. The van der Waals surface area contributed by atoms with Crippen LogP contribution in [0.25, 0.3) is 0 Å². The Bertz CT molecular complexity index is 277. The van der Waals surface area contributed by atoms with E-state index in [1.54, 1.807) is 6.20 Å². The molecule has 1 aromatic rings. The van der Waals surface area contributed by atoms with Gasteiger partial charge in [0.2, 0.25) is 0 Å². The molecule has 1 rings (SSSR count). The first-order valence-corrected chi connectivity index (χ1v) is 3.94. The van der Waals surface area contributed by atoms with Crippen LogP contribution in [-0.4, -0.2) is 15.8 Å². The molecular formula is C9H12N2O. The lowest BCUT2D eigenvalue weighted by Gasteiger charge is -2.01. The molecule has 3 heteroatoms. The zero-order valence-electron chi connectivity index (χ0n) is 7.53. The van der Waals surface area contributed by atoms with Crippen LogP contribution >= 0.6 is 0 Å². The Labute approximate surface area is 71.9 Å². The summed E-state index contributed by atoms with van der Waals surface area (Å²) in [6.07, 6.45) is 3.13. The van der Waals surface area contributed by atoms with E-state index in [0.29, 0.717) is 5.69 Å². The van der Waals surface area contributed by atoms with E-state index in [9.17, 15) is 4.79 Å². The topological polar surface area (TPSA) is 42.9 Å². The van der Waals surface area contributed by atoms with Crippen molar-refractivity contribution in [3.8, 4) is 0 Å².